The minimum atomic E-state index is -0.308. The van der Waals surface area contributed by atoms with Gasteiger partial charge in [0.25, 0.3) is 11.8 Å². The molecule has 1 aliphatic rings. The Balaban J connectivity index is 1.44. The van der Waals surface area contributed by atoms with Gasteiger partial charge in [0, 0.05) is 23.6 Å². The fraction of sp³-hybridized carbons (Fsp3) is 0.0526. The number of benzene rings is 2. The second-order valence-corrected chi connectivity index (χ2v) is 5.66. The second-order valence-electron chi connectivity index (χ2n) is 5.66. The molecule has 134 valence electrons. The third-order valence-corrected chi connectivity index (χ3v) is 3.74. The van der Waals surface area contributed by atoms with Crippen molar-refractivity contribution in [1.29, 1.82) is 0 Å². The third-order valence-electron chi connectivity index (χ3n) is 3.74. The Hall–Kier alpha value is -3.94. The van der Waals surface area contributed by atoms with Crippen molar-refractivity contribution in [3.05, 3.63) is 66.5 Å². The van der Waals surface area contributed by atoms with E-state index in [1.807, 2.05) is 0 Å². The van der Waals surface area contributed by atoms with E-state index in [-0.39, 0.29) is 24.4 Å². The van der Waals surface area contributed by atoms with Crippen LogP contribution in [0.15, 0.2) is 60.9 Å². The molecule has 2 amide bonds. The normalized spacial score (nSPS) is 12.4. The number of nitrogens with one attached hydrogen (secondary N) is 2. The van der Waals surface area contributed by atoms with Crippen LogP contribution in [0.5, 0.6) is 17.5 Å². The number of aromatic nitrogens is 2. The molecule has 0 unspecified atom stereocenters. The fourth-order valence-corrected chi connectivity index (χ4v) is 2.48. The number of amides is 2. The predicted molar refractivity (Wildman–Crippen MR) is 97.1 cm³/mol. The lowest BCUT2D eigenvalue weighted by atomic mass is 10.1. The molecule has 0 atom stereocenters. The van der Waals surface area contributed by atoms with Gasteiger partial charge in [0.05, 0.1) is 5.69 Å². The van der Waals surface area contributed by atoms with Crippen LogP contribution in [0.25, 0.3) is 0 Å². The Morgan fingerprint density at radius 2 is 1.89 bits per heavy atom. The number of carbonyl (C=O) groups excluding carboxylic acids is 2. The lowest BCUT2D eigenvalue weighted by molar-refractivity contribution is -0.118. The highest BCUT2D eigenvalue weighted by atomic mass is 16.5. The molecule has 1 aromatic heterocycles. The van der Waals surface area contributed by atoms with E-state index in [1.54, 1.807) is 60.9 Å². The van der Waals surface area contributed by atoms with Gasteiger partial charge in [0.15, 0.2) is 6.61 Å². The first-order valence-corrected chi connectivity index (χ1v) is 8.10. The lowest BCUT2D eigenvalue weighted by Gasteiger charge is -2.18. The molecule has 0 spiro atoms. The molecule has 1 aliphatic heterocycles. The maximum Gasteiger partial charge on any atom is 0.321 e. The number of carbonyl (C=O) groups is 2. The number of ether oxygens (including phenoxy) is 2. The number of hydrogen-bond acceptors (Lipinski definition) is 6. The number of fused-ring (bicyclic) bond motifs is 1. The van der Waals surface area contributed by atoms with E-state index in [9.17, 15) is 9.59 Å². The van der Waals surface area contributed by atoms with E-state index >= 15 is 0 Å². The summed E-state index contributed by atoms with van der Waals surface area (Å²) in [7, 11) is 0. The molecule has 0 bridgehead atoms. The van der Waals surface area contributed by atoms with Crippen molar-refractivity contribution < 1.29 is 19.1 Å². The summed E-state index contributed by atoms with van der Waals surface area (Å²) in [4.78, 5) is 31.8. The van der Waals surface area contributed by atoms with Crippen molar-refractivity contribution in [2.75, 3.05) is 17.2 Å². The van der Waals surface area contributed by atoms with Crippen molar-refractivity contribution in [2.24, 2.45) is 0 Å². The molecule has 3 aromatic rings. The second kappa shape index (κ2) is 7.12. The zero-order chi connectivity index (χ0) is 18.6. The van der Waals surface area contributed by atoms with Crippen LogP contribution in [0, 0.1) is 0 Å². The van der Waals surface area contributed by atoms with Crippen LogP contribution in [0.4, 0.5) is 11.4 Å². The standard InChI is InChI=1S/C19H14N4O4/c24-17-11-26-16-7-2-12(10-15(16)23-17)18(25)22-13-3-5-14(6-4-13)27-19-20-8-1-9-21-19/h1-10H,11H2,(H,22,25)(H,23,24). The first kappa shape index (κ1) is 16.5. The van der Waals surface area contributed by atoms with Gasteiger partial charge < -0.3 is 20.1 Å². The van der Waals surface area contributed by atoms with Gasteiger partial charge in [0.1, 0.15) is 11.5 Å². The molecule has 8 nitrogen and oxygen atoms in total. The van der Waals surface area contributed by atoms with Crippen molar-refractivity contribution in [3.8, 4) is 17.5 Å². The summed E-state index contributed by atoms with van der Waals surface area (Å²) < 4.78 is 10.8. The SMILES string of the molecule is O=C1COc2ccc(C(=O)Nc3ccc(Oc4ncccn4)cc3)cc2N1. The monoisotopic (exact) mass is 362 g/mol. The topological polar surface area (TPSA) is 102 Å². The van der Waals surface area contributed by atoms with Crippen LogP contribution in [-0.4, -0.2) is 28.4 Å². The molecule has 2 aromatic carbocycles. The maximum atomic E-state index is 12.4. The quantitative estimate of drug-likeness (QED) is 0.740. The number of nitrogens with zero attached hydrogens (tertiary/aromatic N) is 2. The van der Waals surface area contributed by atoms with Gasteiger partial charge in [-0.2, -0.15) is 0 Å². The summed E-state index contributed by atoms with van der Waals surface area (Å²) in [5.41, 5.74) is 1.47. The van der Waals surface area contributed by atoms with Crippen molar-refractivity contribution in [1.82, 2.24) is 9.97 Å². The van der Waals surface area contributed by atoms with Gasteiger partial charge in [-0.15, -0.1) is 0 Å². The lowest BCUT2D eigenvalue weighted by Crippen LogP contribution is -2.25. The van der Waals surface area contributed by atoms with Crippen LogP contribution in [-0.2, 0) is 4.79 Å². The molecule has 2 N–H and O–H groups in total. The molecule has 0 saturated carbocycles. The van der Waals surface area contributed by atoms with Gasteiger partial charge in [-0.05, 0) is 48.5 Å². The van der Waals surface area contributed by atoms with Crippen LogP contribution in [0.2, 0.25) is 0 Å². The van der Waals surface area contributed by atoms with E-state index in [4.69, 9.17) is 9.47 Å². The van der Waals surface area contributed by atoms with E-state index in [2.05, 4.69) is 20.6 Å². The summed E-state index contributed by atoms with van der Waals surface area (Å²) in [6, 6.07) is 13.6. The summed E-state index contributed by atoms with van der Waals surface area (Å²) in [6.45, 7) is -0.0268. The van der Waals surface area contributed by atoms with Crippen LogP contribution in [0.1, 0.15) is 10.4 Å². The molecule has 27 heavy (non-hydrogen) atoms. The van der Waals surface area contributed by atoms with Gasteiger partial charge in [-0.3, -0.25) is 9.59 Å². The summed E-state index contributed by atoms with van der Waals surface area (Å²) in [6.07, 6.45) is 3.17. The molecule has 0 aliphatic carbocycles. The van der Waals surface area contributed by atoms with Crippen molar-refractivity contribution in [2.45, 2.75) is 0 Å². The highest BCUT2D eigenvalue weighted by molar-refractivity contribution is 6.06. The first-order chi connectivity index (χ1) is 13.2. The molecule has 2 heterocycles. The smallest absolute Gasteiger partial charge is 0.321 e. The average Bonchev–Trinajstić information content (AvgIpc) is 2.69. The molecule has 0 saturated heterocycles. The molecule has 0 radical (unpaired) electrons. The van der Waals surface area contributed by atoms with Crippen LogP contribution in [0.3, 0.4) is 0 Å². The third kappa shape index (κ3) is 3.84. The maximum absolute atomic E-state index is 12.4. The summed E-state index contributed by atoms with van der Waals surface area (Å²) in [5.74, 6) is 0.527. The summed E-state index contributed by atoms with van der Waals surface area (Å²) in [5, 5.41) is 5.47. The molecule has 0 fully saturated rings. The Labute approximate surface area is 154 Å². The van der Waals surface area contributed by atoms with Gasteiger partial charge in [-0.1, -0.05) is 0 Å². The van der Waals surface area contributed by atoms with Crippen molar-refractivity contribution in [3.63, 3.8) is 0 Å². The van der Waals surface area contributed by atoms with Crippen LogP contribution < -0.4 is 20.1 Å². The van der Waals surface area contributed by atoms with Gasteiger partial charge >= 0.3 is 6.01 Å². The molecule has 8 heteroatoms. The van der Waals surface area contributed by atoms with Crippen LogP contribution >= 0.6 is 0 Å². The highest BCUT2D eigenvalue weighted by Crippen LogP contribution is 2.29. The summed E-state index contributed by atoms with van der Waals surface area (Å²) >= 11 is 0. The first-order valence-electron chi connectivity index (χ1n) is 8.10. The Bertz CT molecular complexity index is 990. The number of anilines is 2. The minimum absolute atomic E-state index is 0.0268. The predicted octanol–water partition coefficient (Wildman–Crippen LogP) is 2.85. The van der Waals surface area contributed by atoms with E-state index in [1.165, 1.54) is 0 Å². The largest absolute Gasteiger partial charge is 0.482 e. The fourth-order valence-electron chi connectivity index (χ4n) is 2.48. The van der Waals surface area contributed by atoms with Gasteiger partial charge in [0.2, 0.25) is 0 Å². The molecular weight excluding hydrogens is 348 g/mol. The Morgan fingerprint density at radius 1 is 1.11 bits per heavy atom. The number of hydrogen-bond donors (Lipinski definition) is 2. The number of rotatable bonds is 4. The average molecular weight is 362 g/mol. The Morgan fingerprint density at radius 3 is 2.67 bits per heavy atom. The molecule has 4 rings (SSSR count). The van der Waals surface area contributed by atoms with E-state index in [0.29, 0.717) is 28.4 Å². The van der Waals surface area contributed by atoms with E-state index in [0.717, 1.165) is 0 Å². The zero-order valence-corrected chi connectivity index (χ0v) is 14.0. The zero-order valence-electron chi connectivity index (χ0n) is 14.0. The van der Waals surface area contributed by atoms with E-state index < -0.39 is 0 Å². The van der Waals surface area contributed by atoms with Gasteiger partial charge in [-0.25, -0.2) is 9.97 Å². The highest BCUT2D eigenvalue weighted by Gasteiger charge is 2.18. The Kier molecular flexibility index (Phi) is 4.36. The molecular formula is C19H14N4O4. The minimum Gasteiger partial charge on any atom is -0.482 e. The van der Waals surface area contributed by atoms with Crippen molar-refractivity contribution >= 4 is 23.2 Å².